The Balaban J connectivity index is 2.26. The van der Waals surface area contributed by atoms with E-state index >= 15 is 0 Å². The van der Waals surface area contributed by atoms with Gasteiger partial charge < -0.3 is 35.0 Å². The quantitative estimate of drug-likeness (QED) is 0.145. The summed E-state index contributed by atoms with van der Waals surface area (Å²) in [6, 6.07) is 6.73. The summed E-state index contributed by atoms with van der Waals surface area (Å²) in [5.74, 6) is -0.646. The maximum atomic E-state index is 14.4. The Morgan fingerprint density at radius 3 is 2.11 bits per heavy atom. The van der Waals surface area contributed by atoms with Gasteiger partial charge in [-0.05, 0) is 56.4 Å². The predicted molar refractivity (Wildman–Crippen MR) is 222 cm³/mol. The van der Waals surface area contributed by atoms with Crippen molar-refractivity contribution >= 4 is 35.4 Å². The molecule has 1 aromatic carbocycles. The van der Waals surface area contributed by atoms with Crippen LogP contribution in [0, 0.1) is 23.7 Å². The molecule has 2 rings (SSSR count). The smallest absolute Gasteiger partial charge is 0.245 e. The number of likely N-dealkylation sites (tertiary alicyclic amines) is 1. The highest BCUT2D eigenvalue weighted by atomic mass is 32.2. The van der Waals surface area contributed by atoms with Crippen LogP contribution in [0.1, 0.15) is 92.7 Å². The van der Waals surface area contributed by atoms with Crippen molar-refractivity contribution in [3.05, 3.63) is 35.9 Å². The van der Waals surface area contributed by atoms with Crippen LogP contribution in [0.15, 0.2) is 30.3 Å². The van der Waals surface area contributed by atoms with E-state index in [-0.39, 0.29) is 59.9 Å². The third kappa shape index (κ3) is 13.2. The lowest BCUT2D eigenvalue weighted by atomic mass is 9.89. The molecule has 13 heteroatoms. The van der Waals surface area contributed by atoms with Crippen LogP contribution in [0.4, 0.5) is 0 Å². The molecule has 55 heavy (non-hydrogen) atoms. The molecule has 0 aliphatic carbocycles. The topological polar surface area (TPSA) is 141 Å². The van der Waals surface area contributed by atoms with Crippen LogP contribution in [0.25, 0.3) is 0 Å². The van der Waals surface area contributed by atoms with Crippen LogP contribution in [0.2, 0.25) is 0 Å². The zero-order valence-electron chi connectivity index (χ0n) is 35.9. The molecule has 1 saturated heterocycles. The first-order valence-electron chi connectivity index (χ1n) is 20.1. The van der Waals surface area contributed by atoms with E-state index in [4.69, 9.17) is 9.47 Å². The number of hydrogen-bond donors (Lipinski definition) is 3. The number of carbonyl (C=O) groups excluding carboxylic acids is 4. The van der Waals surface area contributed by atoms with Crippen molar-refractivity contribution in [2.45, 2.75) is 130 Å². The number of aliphatic hydroxyl groups is 1. The molecule has 314 valence electrons. The summed E-state index contributed by atoms with van der Waals surface area (Å²) in [7, 11) is 6.83. The zero-order valence-corrected chi connectivity index (χ0v) is 36.7. The van der Waals surface area contributed by atoms with Crippen molar-refractivity contribution < 1.29 is 33.8 Å². The van der Waals surface area contributed by atoms with Crippen molar-refractivity contribution in [3.63, 3.8) is 0 Å². The number of aliphatic hydroxyl groups excluding tert-OH is 1. The molecular formula is C42H73N5O7S. The summed E-state index contributed by atoms with van der Waals surface area (Å²) in [6.07, 6.45) is 2.18. The first kappa shape index (κ1) is 48.4. The summed E-state index contributed by atoms with van der Waals surface area (Å²) in [5.41, 5.74) is 0.712. The number of carbonyl (C=O) groups is 4. The lowest BCUT2D eigenvalue weighted by Gasteiger charge is -2.41. The van der Waals surface area contributed by atoms with E-state index in [1.165, 1.54) is 0 Å². The molecule has 1 heterocycles. The molecule has 0 aromatic heterocycles. The van der Waals surface area contributed by atoms with Gasteiger partial charge in [-0.1, -0.05) is 85.2 Å². The van der Waals surface area contributed by atoms with Gasteiger partial charge in [-0.25, -0.2) is 0 Å². The van der Waals surface area contributed by atoms with E-state index in [0.29, 0.717) is 18.5 Å². The third-order valence-corrected chi connectivity index (χ3v) is 12.1. The third-order valence-electron chi connectivity index (χ3n) is 11.5. The number of nitrogens with one attached hydrogen (secondary N) is 2. The second-order valence-corrected chi connectivity index (χ2v) is 17.1. The maximum Gasteiger partial charge on any atom is 0.245 e. The number of amides is 4. The van der Waals surface area contributed by atoms with Crippen LogP contribution in [-0.2, 0) is 28.7 Å². The van der Waals surface area contributed by atoms with E-state index in [0.717, 1.165) is 25.1 Å². The number of likely N-dealkylation sites (N-methyl/N-ethyl adjacent to an activating group) is 2. The fourth-order valence-corrected chi connectivity index (χ4v) is 8.51. The van der Waals surface area contributed by atoms with Crippen LogP contribution in [-0.4, -0.2) is 139 Å². The summed E-state index contributed by atoms with van der Waals surface area (Å²) in [5, 5.41) is 16.9. The Labute approximate surface area is 336 Å². The number of nitrogens with zero attached hydrogens (tertiary/aromatic N) is 3. The summed E-state index contributed by atoms with van der Waals surface area (Å²) in [4.78, 5) is 61.4. The zero-order chi connectivity index (χ0) is 41.6. The monoisotopic (exact) mass is 792 g/mol. The number of hydrogen-bond acceptors (Lipinski definition) is 9. The lowest BCUT2D eigenvalue weighted by Crippen LogP contribution is -2.60. The Bertz CT molecular complexity index is 1340. The van der Waals surface area contributed by atoms with E-state index in [2.05, 4.69) is 29.4 Å². The van der Waals surface area contributed by atoms with Gasteiger partial charge in [0.25, 0.3) is 0 Å². The van der Waals surface area contributed by atoms with Crippen LogP contribution < -0.4 is 10.6 Å². The Hall–Kier alpha value is -2.71. The van der Waals surface area contributed by atoms with Gasteiger partial charge in [0, 0.05) is 40.1 Å². The van der Waals surface area contributed by atoms with E-state index in [1.807, 2.05) is 71.3 Å². The summed E-state index contributed by atoms with van der Waals surface area (Å²) >= 11 is 1.73. The van der Waals surface area contributed by atoms with E-state index in [1.54, 1.807) is 56.7 Å². The Morgan fingerprint density at radius 2 is 1.58 bits per heavy atom. The molecule has 0 radical (unpaired) electrons. The normalized spacial score (nSPS) is 19.7. The fraction of sp³-hybridized carbons (Fsp3) is 0.762. The van der Waals surface area contributed by atoms with Gasteiger partial charge in [0.05, 0.1) is 54.8 Å². The van der Waals surface area contributed by atoms with Crippen molar-refractivity contribution in [1.82, 2.24) is 25.3 Å². The highest BCUT2D eigenvalue weighted by Gasteiger charge is 2.43. The molecule has 0 saturated carbocycles. The predicted octanol–water partition coefficient (Wildman–Crippen LogP) is 4.61. The van der Waals surface area contributed by atoms with Gasteiger partial charge in [-0.3, -0.25) is 24.1 Å². The average Bonchev–Trinajstić information content (AvgIpc) is 3.65. The fourth-order valence-electron chi connectivity index (χ4n) is 8.04. The molecule has 4 amide bonds. The molecule has 0 spiro atoms. The highest BCUT2D eigenvalue weighted by Crippen LogP contribution is 2.30. The largest absolute Gasteiger partial charge is 0.386 e. The highest BCUT2D eigenvalue weighted by molar-refractivity contribution is 7.98. The molecular weight excluding hydrogens is 719 g/mol. The molecule has 1 aliphatic heterocycles. The van der Waals surface area contributed by atoms with Crippen molar-refractivity contribution in [2.75, 3.05) is 53.4 Å². The first-order valence-corrected chi connectivity index (χ1v) is 21.5. The molecule has 1 fully saturated rings. The van der Waals surface area contributed by atoms with E-state index in [9.17, 15) is 24.3 Å². The average molecular weight is 792 g/mol. The number of methoxy groups -OCH3 is 2. The molecule has 0 bridgehead atoms. The second-order valence-electron chi connectivity index (χ2n) is 16.1. The second kappa shape index (κ2) is 23.5. The van der Waals surface area contributed by atoms with Gasteiger partial charge in [0.2, 0.25) is 23.6 Å². The van der Waals surface area contributed by atoms with Gasteiger partial charge in [-0.15, -0.1) is 0 Å². The number of benzene rings is 1. The Kier molecular flexibility index (Phi) is 20.7. The molecule has 10 atom stereocenters. The minimum atomic E-state index is -0.877. The minimum absolute atomic E-state index is 0.0191. The summed E-state index contributed by atoms with van der Waals surface area (Å²) in [6.45, 7) is 16.8. The van der Waals surface area contributed by atoms with Crippen LogP contribution in [0.5, 0.6) is 0 Å². The molecule has 3 N–H and O–H groups in total. The van der Waals surface area contributed by atoms with Crippen LogP contribution >= 0.6 is 11.8 Å². The van der Waals surface area contributed by atoms with Gasteiger partial charge in [0.1, 0.15) is 6.04 Å². The number of thioether (sulfide) groups is 1. The minimum Gasteiger partial charge on any atom is -0.386 e. The first-order chi connectivity index (χ1) is 26.0. The Morgan fingerprint density at radius 1 is 0.945 bits per heavy atom. The molecule has 3 unspecified atom stereocenters. The molecule has 12 nitrogen and oxygen atoms in total. The van der Waals surface area contributed by atoms with Gasteiger partial charge in [0.15, 0.2) is 0 Å². The molecule has 1 aliphatic rings. The standard InChI is InChI=1S/C42H73N5O7S/c1-14-28(6)37(46(10)42(52)35(26(2)3)44-41(51)36(27(4)5)45(9)23-24-55-13)33(53-11)25-34(48)47-22-18-21-32(47)39(54-12)29(7)40(50)43-30(8)38(49)31-19-16-15-17-20-31/h15-17,19-20,26-30,32-33,35-39,49H,14,18,21-25H2,1-13H3,(H,43,50)(H,44,51)/t28-,29+,30+,32?,33+,35?,36?,37-,38+,39+/m0/s1. The van der Waals surface area contributed by atoms with Crippen molar-refractivity contribution in [3.8, 4) is 0 Å². The maximum absolute atomic E-state index is 14.4. The summed E-state index contributed by atoms with van der Waals surface area (Å²) < 4.78 is 12.0. The lowest BCUT2D eigenvalue weighted by molar-refractivity contribution is -0.148. The van der Waals surface area contributed by atoms with Crippen molar-refractivity contribution in [2.24, 2.45) is 23.7 Å². The van der Waals surface area contributed by atoms with Gasteiger partial charge in [-0.2, -0.15) is 11.8 Å². The van der Waals surface area contributed by atoms with Crippen LogP contribution in [0.3, 0.4) is 0 Å². The van der Waals surface area contributed by atoms with Gasteiger partial charge >= 0.3 is 0 Å². The number of rotatable bonds is 23. The van der Waals surface area contributed by atoms with Crippen molar-refractivity contribution in [1.29, 1.82) is 0 Å². The SMILES string of the molecule is CC[C@H](C)[C@@H]([C@@H](CC(=O)N1CCCC1[C@H](OC)[C@@H](C)C(=O)N[C@H](C)[C@@H](O)c1ccccc1)OC)N(C)C(=O)C(NC(=O)C(C(C)C)N(C)CCSC)C(C)C. The number of ether oxygens (including phenoxy) is 2. The molecule has 1 aromatic rings. The van der Waals surface area contributed by atoms with E-state index < -0.39 is 42.4 Å².